The van der Waals surface area contributed by atoms with Gasteiger partial charge in [-0.25, -0.2) is 4.98 Å². The maximum atomic E-state index is 5.37. The van der Waals surface area contributed by atoms with Gasteiger partial charge in [0.2, 0.25) is 0 Å². The largest absolute Gasteiger partial charge is 0.495 e. The third-order valence-corrected chi connectivity index (χ3v) is 3.32. The van der Waals surface area contributed by atoms with Crippen molar-refractivity contribution < 1.29 is 9.47 Å². The third-order valence-electron chi connectivity index (χ3n) is 3.32. The van der Waals surface area contributed by atoms with Crippen LogP contribution in [0.5, 0.6) is 5.75 Å². The van der Waals surface area contributed by atoms with Crippen LogP contribution in [0.3, 0.4) is 0 Å². The zero-order valence-corrected chi connectivity index (χ0v) is 10.5. The monoisotopic (exact) mass is 236 g/mol. The Morgan fingerprint density at radius 3 is 2.76 bits per heavy atom. The summed E-state index contributed by atoms with van der Waals surface area (Å²) >= 11 is 0. The standard InChI is InChI=1S/C13H20N2O2/c1-10(11-5-7-17-8-6-11)15-13-4-3-12(16-2)9-14-13/h3-4,9-11H,5-8H2,1-2H3,(H,14,15). The highest BCUT2D eigenvalue weighted by atomic mass is 16.5. The molecule has 1 aromatic heterocycles. The van der Waals surface area contributed by atoms with Gasteiger partial charge >= 0.3 is 0 Å². The molecule has 1 aromatic rings. The molecule has 0 aliphatic carbocycles. The second-order valence-corrected chi connectivity index (χ2v) is 4.47. The van der Waals surface area contributed by atoms with E-state index in [9.17, 15) is 0 Å². The Balaban J connectivity index is 1.89. The smallest absolute Gasteiger partial charge is 0.137 e. The summed E-state index contributed by atoms with van der Waals surface area (Å²) in [6.07, 6.45) is 3.99. The van der Waals surface area contributed by atoms with E-state index in [1.807, 2.05) is 12.1 Å². The summed E-state index contributed by atoms with van der Waals surface area (Å²) in [5, 5.41) is 3.44. The highest BCUT2D eigenvalue weighted by molar-refractivity contribution is 5.38. The second-order valence-electron chi connectivity index (χ2n) is 4.47. The number of ether oxygens (including phenoxy) is 2. The van der Waals surface area contributed by atoms with E-state index in [4.69, 9.17) is 9.47 Å². The van der Waals surface area contributed by atoms with E-state index < -0.39 is 0 Å². The predicted octanol–water partition coefficient (Wildman–Crippen LogP) is 2.32. The molecule has 0 spiro atoms. The maximum absolute atomic E-state index is 5.37. The van der Waals surface area contributed by atoms with Crippen LogP contribution >= 0.6 is 0 Å². The number of nitrogens with one attached hydrogen (secondary N) is 1. The van der Waals surface area contributed by atoms with Crippen molar-refractivity contribution >= 4 is 5.82 Å². The lowest BCUT2D eigenvalue weighted by Gasteiger charge is -2.28. The molecular weight excluding hydrogens is 216 g/mol. The summed E-state index contributed by atoms with van der Waals surface area (Å²) in [7, 11) is 1.65. The predicted molar refractivity (Wildman–Crippen MR) is 67.4 cm³/mol. The Bertz CT molecular complexity index is 334. The first-order valence-corrected chi connectivity index (χ1v) is 6.14. The second kappa shape index (κ2) is 5.87. The molecule has 1 atom stereocenters. The number of hydrogen-bond acceptors (Lipinski definition) is 4. The Hall–Kier alpha value is -1.29. The molecule has 0 bridgehead atoms. The first kappa shape index (κ1) is 12.2. The topological polar surface area (TPSA) is 43.4 Å². The molecule has 2 heterocycles. The van der Waals surface area contributed by atoms with Crippen LogP contribution in [0.25, 0.3) is 0 Å². The van der Waals surface area contributed by atoms with E-state index in [0.29, 0.717) is 12.0 Å². The minimum atomic E-state index is 0.430. The molecule has 4 heteroatoms. The molecule has 0 aromatic carbocycles. The van der Waals surface area contributed by atoms with Crippen LogP contribution in [0.4, 0.5) is 5.82 Å². The molecule has 17 heavy (non-hydrogen) atoms. The third kappa shape index (κ3) is 3.33. The van der Waals surface area contributed by atoms with Gasteiger partial charge in [0.15, 0.2) is 0 Å². The van der Waals surface area contributed by atoms with Crippen LogP contribution in [-0.2, 0) is 4.74 Å². The summed E-state index contributed by atoms with van der Waals surface area (Å²) in [4.78, 5) is 4.32. The highest BCUT2D eigenvalue weighted by Gasteiger charge is 2.20. The van der Waals surface area contributed by atoms with Crippen LogP contribution in [0.15, 0.2) is 18.3 Å². The highest BCUT2D eigenvalue weighted by Crippen LogP contribution is 2.21. The van der Waals surface area contributed by atoms with Crippen molar-refractivity contribution in [3.8, 4) is 5.75 Å². The van der Waals surface area contributed by atoms with Gasteiger partial charge in [-0.1, -0.05) is 0 Å². The van der Waals surface area contributed by atoms with Crippen molar-refractivity contribution in [2.24, 2.45) is 5.92 Å². The van der Waals surface area contributed by atoms with Crippen LogP contribution in [0.2, 0.25) is 0 Å². The van der Waals surface area contributed by atoms with Gasteiger partial charge < -0.3 is 14.8 Å². The van der Waals surface area contributed by atoms with E-state index in [-0.39, 0.29) is 0 Å². The molecule has 0 saturated carbocycles. The van der Waals surface area contributed by atoms with Gasteiger partial charge in [-0.05, 0) is 37.8 Å². The average molecular weight is 236 g/mol. The molecule has 1 aliphatic rings. The Morgan fingerprint density at radius 1 is 1.41 bits per heavy atom. The molecule has 0 radical (unpaired) electrons. The first-order chi connectivity index (χ1) is 8.29. The number of pyridine rings is 1. The van der Waals surface area contributed by atoms with Gasteiger partial charge in [0.05, 0.1) is 13.3 Å². The minimum absolute atomic E-state index is 0.430. The van der Waals surface area contributed by atoms with Gasteiger partial charge in [0.1, 0.15) is 11.6 Å². The van der Waals surface area contributed by atoms with E-state index in [1.54, 1.807) is 13.3 Å². The molecular formula is C13H20N2O2. The quantitative estimate of drug-likeness (QED) is 0.871. The fraction of sp³-hybridized carbons (Fsp3) is 0.615. The molecule has 1 saturated heterocycles. The van der Waals surface area contributed by atoms with E-state index >= 15 is 0 Å². The van der Waals surface area contributed by atoms with Crippen LogP contribution in [-0.4, -0.2) is 31.3 Å². The number of rotatable bonds is 4. The lowest BCUT2D eigenvalue weighted by Crippen LogP contribution is -2.31. The van der Waals surface area contributed by atoms with Crippen molar-refractivity contribution in [3.63, 3.8) is 0 Å². The molecule has 1 fully saturated rings. The van der Waals surface area contributed by atoms with Crippen molar-refractivity contribution in [1.29, 1.82) is 0 Å². The fourth-order valence-corrected chi connectivity index (χ4v) is 2.15. The number of aromatic nitrogens is 1. The Morgan fingerprint density at radius 2 is 2.18 bits per heavy atom. The van der Waals surface area contributed by atoms with E-state index in [1.165, 1.54) is 0 Å². The van der Waals surface area contributed by atoms with Crippen LogP contribution in [0, 0.1) is 5.92 Å². The normalized spacial score (nSPS) is 18.7. The van der Waals surface area contributed by atoms with Crippen molar-refractivity contribution in [1.82, 2.24) is 4.98 Å². The summed E-state index contributed by atoms with van der Waals surface area (Å²) in [5.41, 5.74) is 0. The molecule has 1 unspecified atom stereocenters. The van der Waals surface area contributed by atoms with Crippen LogP contribution < -0.4 is 10.1 Å². The van der Waals surface area contributed by atoms with Gasteiger partial charge in [0.25, 0.3) is 0 Å². The summed E-state index contributed by atoms with van der Waals surface area (Å²) in [6, 6.07) is 4.31. The molecule has 0 amide bonds. The number of methoxy groups -OCH3 is 1. The van der Waals surface area contributed by atoms with Crippen LogP contribution in [0.1, 0.15) is 19.8 Å². The first-order valence-electron chi connectivity index (χ1n) is 6.14. The molecule has 1 N–H and O–H groups in total. The Labute approximate surface area is 102 Å². The number of anilines is 1. The fourth-order valence-electron chi connectivity index (χ4n) is 2.15. The maximum Gasteiger partial charge on any atom is 0.137 e. The van der Waals surface area contributed by atoms with Gasteiger partial charge in [-0.2, -0.15) is 0 Å². The lowest BCUT2D eigenvalue weighted by molar-refractivity contribution is 0.0622. The van der Waals surface area contributed by atoms with E-state index in [2.05, 4.69) is 17.2 Å². The number of hydrogen-bond donors (Lipinski definition) is 1. The molecule has 1 aliphatic heterocycles. The number of nitrogens with zero attached hydrogens (tertiary/aromatic N) is 1. The molecule has 2 rings (SSSR count). The average Bonchev–Trinajstić information content (AvgIpc) is 2.40. The zero-order valence-electron chi connectivity index (χ0n) is 10.5. The van der Waals surface area contributed by atoms with Crippen molar-refractivity contribution in [3.05, 3.63) is 18.3 Å². The van der Waals surface area contributed by atoms with Gasteiger partial charge in [-0.3, -0.25) is 0 Å². The van der Waals surface area contributed by atoms with Crippen molar-refractivity contribution in [2.45, 2.75) is 25.8 Å². The Kier molecular flexibility index (Phi) is 4.20. The van der Waals surface area contributed by atoms with Gasteiger partial charge in [-0.15, -0.1) is 0 Å². The van der Waals surface area contributed by atoms with Crippen molar-refractivity contribution in [2.75, 3.05) is 25.6 Å². The summed E-state index contributed by atoms with van der Waals surface area (Å²) < 4.78 is 10.5. The SMILES string of the molecule is COc1ccc(NC(C)C2CCOCC2)nc1. The van der Waals surface area contributed by atoms with E-state index in [0.717, 1.165) is 37.6 Å². The summed E-state index contributed by atoms with van der Waals surface area (Å²) in [6.45, 7) is 3.97. The minimum Gasteiger partial charge on any atom is -0.495 e. The molecule has 4 nitrogen and oxygen atoms in total. The molecule has 94 valence electrons. The zero-order chi connectivity index (χ0) is 12.1. The lowest BCUT2D eigenvalue weighted by atomic mass is 9.93. The van der Waals surface area contributed by atoms with Gasteiger partial charge in [0, 0.05) is 19.3 Å². The summed E-state index contributed by atoms with van der Waals surface area (Å²) in [5.74, 6) is 2.37.